The van der Waals surface area contributed by atoms with Crippen LogP contribution in [0.2, 0.25) is 0 Å². The van der Waals surface area contributed by atoms with Crippen molar-refractivity contribution in [2.24, 2.45) is 0 Å². The Hall–Kier alpha value is -2.53. The molecule has 0 spiro atoms. The van der Waals surface area contributed by atoms with Crippen molar-refractivity contribution < 1.29 is 23.5 Å². The molecule has 2 aliphatic heterocycles. The van der Waals surface area contributed by atoms with Crippen LogP contribution in [-0.4, -0.2) is 44.8 Å². The minimum absolute atomic E-state index is 0.00648. The number of carbonyl (C=O) groups is 1. The molecule has 0 aliphatic carbocycles. The van der Waals surface area contributed by atoms with E-state index in [-0.39, 0.29) is 18.6 Å². The SMILES string of the molecule is COc1c2c(cc3c1[C@H](CC(=O)c1ccc(C)cc1)[N+](C)(C)CC3)OCO2. The Bertz CT molecular complexity index is 886. The quantitative estimate of drug-likeness (QED) is 0.610. The van der Waals surface area contributed by atoms with Crippen molar-refractivity contribution in [3.8, 4) is 17.2 Å². The van der Waals surface area contributed by atoms with Crippen molar-refractivity contribution in [3.63, 3.8) is 0 Å². The van der Waals surface area contributed by atoms with Crippen LogP contribution in [0.3, 0.4) is 0 Å². The number of Topliss-reactive ketones (excluding diaryl/α,β-unsaturated/α-hetero) is 1. The van der Waals surface area contributed by atoms with Gasteiger partial charge >= 0.3 is 0 Å². The highest BCUT2D eigenvalue weighted by Crippen LogP contribution is 2.51. The summed E-state index contributed by atoms with van der Waals surface area (Å²) < 4.78 is 17.7. The van der Waals surface area contributed by atoms with Gasteiger partial charge in [-0.05, 0) is 18.6 Å². The smallest absolute Gasteiger partial charge is 0.231 e. The molecule has 0 saturated carbocycles. The molecule has 0 saturated heterocycles. The van der Waals surface area contributed by atoms with Gasteiger partial charge in [-0.1, -0.05) is 29.8 Å². The van der Waals surface area contributed by atoms with E-state index in [1.54, 1.807) is 7.11 Å². The van der Waals surface area contributed by atoms with E-state index in [9.17, 15) is 4.79 Å². The molecule has 0 bridgehead atoms. The van der Waals surface area contributed by atoms with Crippen molar-refractivity contribution in [1.82, 2.24) is 0 Å². The second-order valence-electron chi connectivity index (χ2n) is 7.98. The maximum atomic E-state index is 13.0. The summed E-state index contributed by atoms with van der Waals surface area (Å²) in [7, 11) is 6.02. The van der Waals surface area contributed by atoms with E-state index in [2.05, 4.69) is 20.2 Å². The summed E-state index contributed by atoms with van der Waals surface area (Å²) >= 11 is 0. The minimum atomic E-state index is 0.00648. The molecule has 0 amide bonds. The van der Waals surface area contributed by atoms with Gasteiger partial charge in [-0.25, -0.2) is 0 Å². The normalized spacial score (nSPS) is 19.5. The van der Waals surface area contributed by atoms with Gasteiger partial charge in [-0.3, -0.25) is 4.79 Å². The topological polar surface area (TPSA) is 44.8 Å². The van der Waals surface area contributed by atoms with Crippen LogP contribution in [-0.2, 0) is 6.42 Å². The molecule has 5 nitrogen and oxygen atoms in total. The lowest BCUT2D eigenvalue weighted by Gasteiger charge is -2.43. The number of nitrogens with zero attached hydrogens (tertiary/aromatic N) is 1. The van der Waals surface area contributed by atoms with Crippen molar-refractivity contribution in [3.05, 3.63) is 52.6 Å². The molecule has 0 unspecified atom stereocenters. The molecule has 2 aliphatic rings. The summed E-state index contributed by atoms with van der Waals surface area (Å²) in [5.41, 5.74) is 4.18. The van der Waals surface area contributed by atoms with Gasteiger partial charge < -0.3 is 18.7 Å². The Morgan fingerprint density at radius 1 is 1.22 bits per heavy atom. The van der Waals surface area contributed by atoms with Crippen LogP contribution in [0.15, 0.2) is 30.3 Å². The van der Waals surface area contributed by atoms with E-state index in [0.29, 0.717) is 17.9 Å². The Kier molecular flexibility index (Phi) is 4.35. The highest BCUT2D eigenvalue weighted by molar-refractivity contribution is 5.96. The van der Waals surface area contributed by atoms with Crippen molar-refractivity contribution in [1.29, 1.82) is 0 Å². The zero-order valence-corrected chi connectivity index (χ0v) is 16.4. The van der Waals surface area contributed by atoms with Gasteiger partial charge in [0.25, 0.3) is 0 Å². The van der Waals surface area contributed by atoms with Crippen LogP contribution in [0.1, 0.15) is 39.5 Å². The van der Waals surface area contributed by atoms with E-state index in [1.165, 1.54) is 5.56 Å². The zero-order valence-electron chi connectivity index (χ0n) is 16.4. The Morgan fingerprint density at radius 2 is 1.96 bits per heavy atom. The third-order valence-electron chi connectivity index (χ3n) is 5.83. The summed E-state index contributed by atoms with van der Waals surface area (Å²) in [5, 5.41) is 0. The molecule has 5 heteroatoms. The number of hydrogen-bond donors (Lipinski definition) is 0. The van der Waals surface area contributed by atoms with E-state index in [1.807, 2.05) is 31.2 Å². The maximum absolute atomic E-state index is 13.0. The number of quaternary nitrogens is 1. The second-order valence-corrected chi connectivity index (χ2v) is 7.98. The van der Waals surface area contributed by atoms with E-state index < -0.39 is 0 Å². The minimum Gasteiger partial charge on any atom is -0.492 e. The third-order valence-corrected chi connectivity index (χ3v) is 5.83. The number of rotatable bonds is 4. The molecular weight excluding hydrogens is 342 g/mol. The molecule has 0 aromatic heterocycles. The summed E-state index contributed by atoms with van der Waals surface area (Å²) in [6.45, 7) is 3.20. The maximum Gasteiger partial charge on any atom is 0.231 e. The lowest BCUT2D eigenvalue weighted by molar-refractivity contribution is -0.922. The molecule has 2 aromatic rings. The van der Waals surface area contributed by atoms with Crippen LogP contribution < -0.4 is 14.2 Å². The van der Waals surface area contributed by atoms with E-state index >= 15 is 0 Å². The van der Waals surface area contributed by atoms with Gasteiger partial charge in [0.05, 0.1) is 39.7 Å². The van der Waals surface area contributed by atoms with E-state index in [0.717, 1.165) is 39.9 Å². The number of aryl methyl sites for hydroxylation is 1. The fourth-order valence-electron chi connectivity index (χ4n) is 4.15. The first-order valence-electron chi connectivity index (χ1n) is 9.32. The molecule has 142 valence electrons. The van der Waals surface area contributed by atoms with Gasteiger partial charge in [-0.15, -0.1) is 0 Å². The molecule has 0 N–H and O–H groups in total. The predicted octanol–water partition coefficient (Wildman–Crippen LogP) is 3.68. The Labute approximate surface area is 160 Å². The number of ketones is 1. The monoisotopic (exact) mass is 368 g/mol. The first-order chi connectivity index (χ1) is 12.9. The highest BCUT2D eigenvalue weighted by atomic mass is 16.7. The average molecular weight is 368 g/mol. The van der Waals surface area contributed by atoms with Crippen molar-refractivity contribution in [2.45, 2.75) is 25.8 Å². The zero-order chi connectivity index (χ0) is 19.2. The highest BCUT2D eigenvalue weighted by Gasteiger charge is 2.42. The number of likely N-dealkylation sites (N-methyl/N-ethyl adjacent to an activating group) is 1. The Morgan fingerprint density at radius 3 is 2.67 bits per heavy atom. The first-order valence-corrected chi connectivity index (χ1v) is 9.32. The number of hydrogen-bond acceptors (Lipinski definition) is 4. The van der Waals surface area contributed by atoms with Crippen LogP contribution in [0, 0.1) is 6.92 Å². The van der Waals surface area contributed by atoms with Gasteiger partial charge in [0.15, 0.2) is 17.3 Å². The standard InChI is InChI=1S/C22H26NO4/c1-14-5-7-15(8-6-14)18(24)12-17-20-16(9-10-23(17,2)3)11-19-21(22(20)25-4)27-13-26-19/h5-8,11,17H,9-10,12-13H2,1-4H3/q+1/t17-/m0/s1. The average Bonchev–Trinajstić information content (AvgIpc) is 3.11. The van der Waals surface area contributed by atoms with Crippen molar-refractivity contribution in [2.75, 3.05) is 34.5 Å². The molecule has 1 atom stereocenters. The number of ether oxygens (including phenoxy) is 3. The Balaban J connectivity index is 1.76. The summed E-state index contributed by atoms with van der Waals surface area (Å²) in [4.78, 5) is 13.0. The second kappa shape index (κ2) is 6.57. The molecule has 2 aromatic carbocycles. The number of carbonyl (C=O) groups excluding carboxylic acids is 1. The molecule has 0 fully saturated rings. The molecule has 27 heavy (non-hydrogen) atoms. The summed E-state index contributed by atoms with van der Waals surface area (Å²) in [6, 6.07) is 9.87. The lowest BCUT2D eigenvalue weighted by Crippen LogP contribution is -2.48. The summed E-state index contributed by atoms with van der Waals surface area (Å²) in [5.74, 6) is 2.26. The molecule has 4 rings (SSSR count). The fourth-order valence-corrected chi connectivity index (χ4v) is 4.15. The van der Waals surface area contributed by atoms with Gasteiger partial charge in [-0.2, -0.15) is 0 Å². The third kappa shape index (κ3) is 3.06. The fraction of sp³-hybridized carbons (Fsp3) is 0.409. The molecular formula is C22H26NO4+. The van der Waals surface area contributed by atoms with Crippen LogP contribution in [0.5, 0.6) is 17.2 Å². The number of benzene rings is 2. The number of fused-ring (bicyclic) bond motifs is 2. The summed E-state index contributed by atoms with van der Waals surface area (Å²) in [6.07, 6.45) is 1.35. The molecule has 2 heterocycles. The van der Waals surface area contributed by atoms with Gasteiger partial charge in [0.1, 0.15) is 6.04 Å². The van der Waals surface area contributed by atoms with Crippen molar-refractivity contribution >= 4 is 5.78 Å². The van der Waals surface area contributed by atoms with Crippen LogP contribution in [0.25, 0.3) is 0 Å². The largest absolute Gasteiger partial charge is 0.492 e. The number of methoxy groups -OCH3 is 1. The van der Waals surface area contributed by atoms with Crippen LogP contribution in [0.4, 0.5) is 0 Å². The molecule has 0 radical (unpaired) electrons. The van der Waals surface area contributed by atoms with Gasteiger partial charge in [0.2, 0.25) is 12.5 Å². The lowest BCUT2D eigenvalue weighted by atomic mass is 9.86. The first kappa shape index (κ1) is 17.9. The van der Waals surface area contributed by atoms with Gasteiger partial charge in [0, 0.05) is 12.0 Å². The van der Waals surface area contributed by atoms with Crippen LogP contribution >= 0.6 is 0 Å². The predicted molar refractivity (Wildman–Crippen MR) is 103 cm³/mol. The van der Waals surface area contributed by atoms with E-state index in [4.69, 9.17) is 14.2 Å².